The molecule has 2 aromatic carbocycles. The molecule has 186 valence electrons. The minimum atomic E-state index is -0.718. The lowest BCUT2D eigenvalue weighted by Gasteiger charge is -2.41. The number of nitrogens with two attached hydrogens (primary N) is 1. The summed E-state index contributed by atoms with van der Waals surface area (Å²) in [7, 11) is 2.95. The highest BCUT2D eigenvalue weighted by atomic mass is 35.5. The first-order chi connectivity index (χ1) is 16.8. The van der Waals surface area contributed by atoms with E-state index in [1.165, 1.54) is 30.1 Å². The van der Waals surface area contributed by atoms with E-state index in [0.717, 1.165) is 31.2 Å². The van der Waals surface area contributed by atoms with Crippen LogP contribution in [0.4, 0.5) is 16.2 Å². The summed E-state index contributed by atoms with van der Waals surface area (Å²) in [4.78, 5) is 42.1. The van der Waals surface area contributed by atoms with Crippen LogP contribution in [0.3, 0.4) is 0 Å². The maximum absolute atomic E-state index is 13.6. The van der Waals surface area contributed by atoms with Crippen molar-refractivity contribution in [3.05, 3.63) is 47.0 Å². The zero-order chi connectivity index (χ0) is 25.1. The number of nitrogens with zero attached hydrogens (tertiary/aromatic N) is 2. The van der Waals surface area contributed by atoms with Gasteiger partial charge in [0.25, 0.3) is 0 Å². The zero-order valence-corrected chi connectivity index (χ0v) is 20.5. The van der Waals surface area contributed by atoms with Crippen molar-refractivity contribution in [1.29, 1.82) is 0 Å². The van der Waals surface area contributed by atoms with Gasteiger partial charge in [-0.25, -0.2) is 4.79 Å². The lowest BCUT2D eigenvalue weighted by atomic mass is 9.94. The van der Waals surface area contributed by atoms with Crippen LogP contribution in [0.5, 0.6) is 11.5 Å². The number of rotatable bonds is 8. The number of urea groups is 1. The molecule has 1 saturated carbocycles. The molecule has 2 aliphatic rings. The molecule has 0 saturated heterocycles. The van der Waals surface area contributed by atoms with E-state index in [1.807, 2.05) is 18.2 Å². The van der Waals surface area contributed by atoms with Gasteiger partial charge in [-0.2, -0.15) is 0 Å². The summed E-state index contributed by atoms with van der Waals surface area (Å²) in [5.41, 5.74) is 7.59. The van der Waals surface area contributed by atoms with Gasteiger partial charge in [0.1, 0.15) is 24.1 Å². The van der Waals surface area contributed by atoms with Gasteiger partial charge in [-0.3, -0.25) is 14.5 Å². The maximum Gasteiger partial charge on any atom is 0.325 e. The van der Waals surface area contributed by atoms with Gasteiger partial charge in [0, 0.05) is 6.07 Å². The molecule has 0 aromatic heterocycles. The largest absolute Gasteiger partial charge is 0.495 e. The summed E-state index contributed by atoms with van der Waals surface area (Å²) in [5.74, 6) is -0.191. The summed E-state index contributed by atoms with van der Waals surface area (Å²) in [6, 6.07) is 9.30. The number of hydrogen-bond acceptors (Lipinski definition) is 5. The van der Waals surface area contributed by atoms with Gasteiger partial charge in [-0.05, 0) is 36.5 Å². The SMILES string of the molecule is COc1cc(OC)c(NC(=O)CN2C(=O)N(C(C(N)=O)C3CCCC3)Cc3ccccc32)cc1Cl. The van der Waals surface area contributed by atoms with Gasteiger partial charge < -0.3 is 25.4 Å². The van der Waals surface area contributed by atoms with Crippen molar-refractivity contribution in [3.63, 3.8) is 0 Å². The number of carbonyl (C=O) groups excluding carboxylic acids is 3. The molecule has 1 atom stereocenters. The fourth-order valence-electron chi connectivity index (χ4n) is 4.99. The molecule has 3 N–H and O–H groups in total. The third kappa shape index (κ3) is 5.00. The number of nitrogens with one attached hydrogen (secondary N) is 1. The van der Waals surface area contributed by atoms with E-state index in [-0.39, 0.29) is 19.0 Å². The third-order valence-electron chi connectivity index (χ3n) is 6.62. The van der Waals surface area contributed by atoms with E-state index >= 15 is 0 Å². The van der Waals surface area contributed by atoms with Crippen molar-refractivity contribution in [1.82, 2.24) is 4.90 Å². The first-order valence-electron chi connectivity index (χ1n) is 11.5. The maximum atomic E-state index is 13.6. The topological polar surface area (TPSA) is 114 Å². The molecular weight excluding hydrogens is 472 g/mol. The highest BCUT2D eigenvalue weighted by Crippen LogP contribution is 2.37. The molecule has 9 nitrogen and oxygen atoms in total. The molecule has 0 bridgehead atoms. The van der Waals surface area contributed by atoms with Crippen molar-refractivity contribution in [2.45, 2.75) is 38.3 Å². The minimum Gasteiger partial charge on any atom is -0.495 e. The number of carbonyl (C=O) groups is 3. The van der Waals surface area contributed by atoms with Crippen LogP contribution in [0.2, 0.25) is 5.02 Å². The van der Waals surface area contributed by atoms with E-state index in [1.54, 1.807) is 12.1 Å². The standard InChI is InChI=1S/C25H29ClN4O5/c1-34-20-12-21(35-2)18(11-17(20)26)28-22(31)14-29-19-10-6-5-9-16(19)13-30(25(29)33)23(24(27)32)15-7-3-4-8-15/h5-6,9-12,15,23H,3-4,7-8,13-14H2,1-2H3,(H2,27,32)(H,28,31). The predicted octanol–water partition coefficient (Wildman–Crippen LogP) is 3.78. The Morgan fingerprint density at radius 3 is 2.49 bits per heavy atom. The molecule has 35 heavy (non-hydrogen) atoms. The molecule has 1 aliphatic carbocycles. The second kappa shape index (κ2) is 10.4. The Hall–Kier alpha value is -3.46. The van der Waals surface area contributed by atoms with Crippen LogP contribution in [0, 0.1) is 5.92 Å². The van der Waals surface area contributed by atoms with E-state index in [2.05, 4.69) is 5.32 Å². The predicted molar refractivity (Wildman–Crippen MR) is 133 cm³/mol. The number of halogens is 1. The Morgan fingerprint density at radius 2 is 1.83 bits per heavy atom. The summed E-state index contributed by atoms with van der Waals surface area (Å²) in [5, 5.41) is 3.07. The van der Waals surface area contributed by atoms with Gasteiger partial charge in [-0.15, -0.1) is 0 Å². The van der Waals surface area contributed by atoms with Gasteiger partial charge in [0.05, 0.1) is 37.2 Å². The van der Waals surface area contributed by atoms with E-state index in [4.69, 9.17) is 26.8 Å². The van der Waals surface area contributed by atoms with Crippen LogP contribution in [0.25, 0.3) is 0 Å². The minimum absolute atomic E-state index is 0.0168. The number of primary amides is 1. The normalized spacial score (nSPS) is 16.6. The zero-order valence-electron chi connectivity index (χ0n) is 19.8. The van der Waals surface area contributed by atoms with Crippen molar-refractivity contribution >= 4 is 40.8 Å². The van der Waals surface area contributed by atoms with Crippen LogP contribution in [-0.2, 0) is 16.1 Å². The Labute approximate surface area is 209 Å². The van der Waals surface area contributed by atoms with E-state index in [0.29, 0.717) is 27.9 Å². The van der Waals surface area contributed by atoms with Crippen LogP contribution >= 0.6 is 11.6 Å². The lowest BCUT2D eigenvalue weighted by molar-refractivity contribution is -0.124. The molecule has 10 heteroatoms. The number of amides is 4. The van der Waals surface area contributed by atoms with Crippen LogP contribution < -0.4 is 25.4 Å². The van der Waals surface area contributed by atoms with Crippen LogP contribution in [-0.4, -0.2) is 49.6 Å². The van der Waals surface area contributed by atoms with Gasteiger partial charge >= 0.3 is 6.03 Å². The first kappa shape index (κ1) is 24.7. The fourth-order valence-corrected chi connectivity index (χ4v) is 5.23. The third-order valence-corrected chi connectivity index (χ3v) is 6.92. The molecule has 0 radical (unpaired) electrons. The number of hydrogen-bond donors (Lipinski definition) is 2. The molecule has 1 aliphatic heterocycles. The average Bonchev–Trinajstić information content (AvgIpc) is 3.36. The van der Waals surface area contributed by atoms with Crippen LogP contribution in [0.1, 0.15) is 31.2 Å². The number of benzene rings is 2. The number of ether oxygens (including phenoxy) is 2. The summed E-state index contributed by atoms with van der Waals surface area (Å²) in [6.45, 7) is -0.00552. The molecule has 4 amide bonds. The second-order valence-electron chi connectivity index (χ2n) is 8.75. The Balaban J connectivity index is 1.61. The number of anilines is 2. The Morgan fingerprint density at radius 1 is 1.14 bits per heavy atom. The average molecular weight is 501 g/mol. The molecule has 4 rings (SSSR count). The highest BCUT2D eigenvalue weighted by molar-refractivity contribution is 6.32. The molecule has 0 spiro atoms. The van der Waals surface area contributed by atoms with Gasteiger partial charge in [-0.1, -0.05) is 42.6 Å². The van der Waals surface area contributed by atoms with Crippen molar-refractivity contribution in [2.24, 2.45) is 11.7 Å². The Bertz CT molecular complexity index is 1130. The summed E-state index contributed by atoms with van der Waals surface area (Å²) in [6.07, 6.45) is 3.70. The smallest absolute Gasteiger partial charge is 0.325 e. The summed E-state index contributed by atoms with van der Waals surface area (Å²) >= 11 is 6.22. The molecule has 2 aromatic rings. The van der Waals surface area contributed by atoms with E-state index < -0.39 is 23.9 Å². The Kier molecular flexibility index (Phi) is 7.35. The van der Waals surface area contributed by atoms with Gasteiger partial charge in [0.2, 0.25) is 11.8 Å². The first-order valence-corrected chi connectivity index (χ1v) is 11.9. The molecule has 1 fully saturated rings. The number of methoxy groups -OCH3 is 2. The molecule has 1 heterocycles. The monoisotopic (exact) mass is 500 g/mol. The van der Waals surface area contributed by atoms with Crippen molar-refractivity contribution in [2.75, 3.05) is 31.0 Å². The number of fused-ring (bicyclic) bond motifs is 1. The lowest BCUT2D eigenvalue weighted by Crippen LogP contribution is -2.58. The van der Waals surface area contributed by atoms with Crippen LogP contribution in [0.15, 0.2) is 36.4 Å². The van der Waals surface area contributed by atoms with E-state index in [9.17, 15) is 14.4 Å². The molecular formula is C25H29ClN4O5. The second-order valence-corrected chi connectivity index (χ2v) is 9.16. The van der Waals surface area contributed by atoms with Crippen molar-refractivity contribution in [3.8, 4) is 11.5 Å². The molecule has 1 unspecified atom stereocenters. The highest BCUT2D eigenvalue weighted by Gasteiger charge is 2.41. The van der Waals surface area contributed by atoms with Gasteiger partial charge in [0.15, 0.2) is 0 Å². The summed E-state index contributed by atoms with van der Waals surface area (Å²) < 4.78 is 10.5. The van der Waals surface area contributed by atoms with Crippen molar-refractivity contribution < 1.29 is 23.9 Å². The fraction of sp³-hybridized carbons (Fsp3) is 0.400. The quantitative estimate of drug-likeness (QED) is 0.572. The number of para-hydroxylation sites is 1.